The van der Waals surface area contributed by atoms with Crippen molar-refractivity contribution >= 4 is 11.7 Å². The fourth-order valence-electron chi connectivity index (χ4n) is 4.30. The van der Waals surface area contributed by atoms with E-state index in [2.05, 4.69) is 36.5 Å². The third-order valence-electron chi connectivity index (χ3n) is 5.72. The molecule has 1 aliphatic carbocycles. The minimum absolute atomic E-state index is 0.0257. The fraction of sp³-hybridized carbons (Fsp3) is 0.333. The monoisotopic (exact) mass is 319 g/mol. The first-order valence-corrected chi connectivity index (χ1v) is 8.58. The Labute approximate surface area is 142 Å². The molecule has 2 aromatic rings. The molecule has 0 aromatic heterocycles. The first kappa shape index (κ1) is 15.1. The summed E-state index contributed by atoms with van der Waals surface area (Å²) in [6.45, 7) is 2.24. The Morgan fingerprint density at radius 3 is 2.38 bits per heavy atom. The predicted octanol–water partition coefficient (Wildman–Crippen LogP) is 3.74. The molecule has 4 rings (SSSR count). The predicted molar refractivity (Wildman–Crippen MR) is 93.2 cm³/mol. The van der Waals surface area contributed by atoms with Crippen molar-refractivity contribution in [1.82, 2.24) is 5.32 Å². The van der Waals surface area contributed by atoms with Gasteiger partial charge in [0.25, 0.3) is 5.91 Å². The molecule has 3 nitrogen and oxygen atoms in total. The number of benzene rings is 2. The zero-order valence-corrected chi connectivity index (χ0v) is 13.8. The number of hydrogen-bond donors (Lipinski definition) is 1. The molecule has 0 saturated heterocycles. The van der Waals surface area contributed by atoms with Crippen molar-refractivity contribution in [2.45, 2.75) is 37.6 Å². The Balaban J connectivity index is 1.72. The molecule has 2 aromatic carbocycles. The normalized spacial score (nSPS) is 29.2. The Kier molecular flexibility index (Phi) is 3.52. The van der Waals surface area contributed by atoms with Gasteiger partial charge in [0, 0.05) is 17.5 Å². The molecular weight excluding hydrogens is 298 g/mol. The van der Waals surface area contributed by atoms with Gasteiger partial charge in [0.15, 0.2) is 5.78 Å². The van der Waals surface area contributed by atoms with E-state index in [1.165, 1.54) is 5.56 Å². The maximum absolute atomic E-state index is 13.1. The Hall–Kier alpha value is -2.42. The number of fused-ring (bicyclic) bond motifs is 2. The van der Waals surface area contributed by atoms with Gasteiger partial charge in [-0.15, -0.1) is 0 Å². The molecule has 1 N–H and O–H groups in total. The van der Waals surface area contributed by atoms with E-state index in [-0.39, 0.29) is 29.1 Å². The summed E-state index contributed by atoms with van der Waals surface area (Å²) in [5.41, 5.74) is 2.33. The maximum atomic E-state index is 13.1. The van der Waals surface area contributed by atoms with Crippen molar-refractivity contribution in [3.8, 4) is 0 Å². The van der Waals surface area contributed by atoms with Gasteiger partial charge < -0.3 is 5.32 Å². The van der Waals surface area contributed by atoms with Crippen LogP contribution in [0.15, 0.2) is 54.6 Å². The number of hydrogen-bond acceptors (Lipinski definition) is 2. The van der Waals surface area contributed by atoms with Crippen molar-refractivity contribution in [1.29, 1.82) is 0 Å². The summed E-state index contributed by atoms with van der Waals surface area (Å²) in [5, 5.41) is 3.10. The Morgan fingerprint density at radius 2 is 1.62 bits per heavy atom. The molecule has 1 unspecified atom stereocenters. The standard InChI is InChI=1S/C21H21NO2/c1-21(14-7-3-2-4-8-14)12-11-18-17(13-21)19(23)15-9-5-6-10-16(15)20(24)22-18/h2-10,17-18H,11-13H2,1H3,(H,22,24)/t17-,18-,21?/m1/s1. The van der Waals surface area contributed by atoms with Crippen LogP contribution >= 0.6 is 0 Å². The van der Waals surface area contributed by atoms with Gasteiger partial charge in [0.2, 0.25) is 0 Å². The van der Waals surface area contributed by atoms with E-state index < -0.39 is 0 Å². The van der Waals surface area contributed by atoms with Crippen LogP contribution in [0.3, 0.4) is 0 Å². The summed E-state index contributed by atoms with van der Waals surface area (Å²) in [4.78, 5) is 25.6. The average Bonchev–Trinajstić information content (AvgIpc) is 2.72. The van der Waals surface area contributed by atoms with Gasteiger partial charge in [-0.2, -0.15) is 0 Å². The molecule has 0 bridgehead atoms. The summed E-state index contributed by atoms with van der Waals surface area (Å²) < 4.78 is 0. The topological polar surface area (TPSA) is 46.2 Å². The van der Waals surface area contributed by atoms with Gasteiger partial charge in [0.05, 0.1) is 5.56 Å². The number of Topliss-reactive ketones (excluding diaryl/α,β-unsaturated/α-hetero) is 1. The van der Waals surface area contributed by atoms with E-state index in [4.69, 9.17) is 0 Å². The first-order valence-electron chi connectivity index (χ1n) is 8.58. The second-order valence-electron chi connectivity index (χ2n) is 7.27. The van der Waals surface area contributed by atoms with E-state index in [1.807, 2.05) is 18.2 Å². The number of nitrogens with one attached hydrogen (secondary N) is 1. The molecule has 1 amide bonds. The van der Waals surface area contributed by atoms with E-state index in [9.17, 15) is 9.59 Å². The highest BCUT2D eigenvalue weighted by atomic mass is 16.2. The Bertz CT molecular complexity index is 798. The Morgan fingerprint density at radius 1 is 0.958 bits per heavy atom. The lowest BCUT2D eigenvalue weighted by Crippen LogP contribution is -2.48. The van der Waals surface area contributed by atoms with E-state index in [0.29, 0.717) is 11.1 Å². The van der Waals surface area contributed by atoms with Gasteiger partial charge in [0.1, 0.15) is 0 Å². The molecule has 2 aliphatic rings. The number of ketones is 1. The maximum Gasteiger partial charge on any atom is 0.252 e. The largest absolute Gasteiger partial charge is 0.349 e. The summed E-state index contributed by atoms with van der Waals surface area (Å²) in [7, 11) is 0. The van der Waals surface area contributed by atoms with Crippen molar-refractivity contribution in [2.75, 3.05) is 0 Å². The van der Waals surface area contributed by atoms with Gasteiger partial charge in [-0.25, -0.2) is 0 Å². The van der Waals surface area contributed by atoms with Crippen LogP contribution in [0.4, 0.5) is 0 Å². The number of carbonyl (C=O) groups excluding carboxylic acids is 2. The molecule has 3 heteroatoms. The first-order chi connectivity index (χ1) is 11.6. The zero-order chi connectivity index (χ0) is 16.7. The summed E-state index contributed by atoms with van der Waals surface area (Å²) in [5.74, 6) is -0.165. The molecular formula is C21H21NO2. The quantitative estimate of drug-likeness (QED) is 0.870. The van der Waals surface area contributed by atoms with Crippen molar-refractivity contribution in [2.24, 2.45) is 5.92 Å². The van der Waals surface area contributed by atoms with Crippen LogP contribution in [0.1, 0.15) is 52.5 Å². The minimum Gasteiger partial charge on any atom is -0.349 e. The lowest BCUT2D eigenvalue weighted by atomic mass is 9.64. The molecule has 3 atom stereocenters. The summed E-state index contributed by atoms with van der Waals surface area (Å²) in [6, 6.07) is 17.5. The van der Waals surface area contributed by atoms with Crippen LogP contribution in [0.25, 0.3) is 0 Å². The highest BCUT2D eigenvalue weighted by Crippen LogP contribution is 2.43. The molecule has 24 heavy (non-hydrogen) atoms. The summed E-state index contributed by atoms with van der Waals surface area (Å²) >= 11 is 0. The average molecular weight is 319 g/mol. The smallest absolute Gasteiger partial charge is 0.252 e. The molecule has 0 radical (unpaired) electrons. The molecule has 122 valence electrons. The number of amides is 1. The fourth-order valence-corrected chi connectivity index (χ4v) is 4.30. The molecule has 0 spiro atoms. The lowest BCUT2D eigenvalue weighted by molar-refractivity contribution is 0.0780. The molecule has 1 saturated carbocycles. The highest BCUT2D eigenvalue weighted by molar-refractivity contribution is 6.11. The number of rotatable bonds is 1. The summed E-state index contributed by atoms with van der Waals surface area (Å²) in [6.07, 6.45) is 2.58. The SMILES string of the molecule is CC1(c2ccccc2)CC[C@H]2NC(=O)c3ccccc3C(=O)[C@@H]2C1. The second kappa shape index (κ2) is 5.59. The van der Waals surface area contributed by atoms with Crippen LogP contribution in [0.5, 0.6) is 0 Å². The second-order valence-corrected chi connectivity index (χ2v) is 7.27. The van der Waals surface area contributed by atoms with Crippen LogP contribution in [-0.2, 0) is 5.41 Å². The third kappa shape index (κ3) is 2.35. The van der Waals surface area contributed by atoms with Crippen LogP contribution < -0.4 is 5.32 Å². The highest BCUT2D eigenvalue weighted by Gasteiger charge is 2.44. The van der Waals surface area contributed by atoms with E-state index >= 15 is 0 Å². The van der Waals surface area contributed by atoms with Gasteiger partial charge in [-0.3, -0.25) is 9.59 Å². The van der Waals surface area contributed by atoms with Crippen LogP contribution in [0, 0.1) is 5.92 Å². The van der Waals surface area contributed by atoms with Gasteiger partial charge >= 0.3 is 0 Å². The van der Waals surface area contributed by atoms with E-state index in [0.717, 1.165) is 19.3 Å². The molecule has 1 heterocycles. The van der Waals surface area contributed by atoms with Gasteiger partial charge in [-0.05, 0) is 36.3 Å². The number of carbonyl (C=O) groups is 2. The van der Waals surface area contributed by atoms with Crippen LogP contribution in [0.2, 0.25) is 0 Å². The third-order valence-corrected chi connectivity index (χ3v) is 5.72. The molecule has 1 aliphatic heterocycles. The van der Waals surface area contributed by atoms with Crippen molar-refractivity contribution in [3.05, 3.63) is 71.3 Å². The van der Waals surface area contributed by atoms with E-state index in [1.54, 1.807) is 12.1 Å². The minimum atomic E-state index is -0.156. The van der Waals surface area contributed by atoms with Crippen molar-refractivity contribution < 1.29 is 9.59 Å². The van der Waals surface area contributed by atoms with Gasteiger partial charge in [-0.1, -0.05) is 55.5 Å². The zero-order valence-electron chi connectivity index (χ0n) is 13.8. The molecule has 1 fully saturated rings. The lowest BCUT2D eigenvalue weighted by Gasteiger charge is -2.42. The van der Waals surface area contributed by atoms with Crippen LogP contribution in [-0.4, -0.2) is 17.7 Å². The van der Waals surface area contributed by atoms with Crippen molar-refractivity contribution in [3.63, 3.8) is 0 Å².